The molecule has 4 aromatic rings. The Morgan fingerprint density at radius 2 is 2.13 bits per heavy atom. The summed E-state index contributed by atoms with van der Waals surface area (Å²) in [4.78, 5) is 8.55. The highest BCUT2D eigenvalue weighted by Gasteiger charge is 2.15. The number of furan rings is 1. The van der Waals surface area contributed by atoms with Gasteiger partial charge in [-0.1, -0.05) is 0 Å². The van der Waals surface area contributed by atoms with Gasteiger partial charge in [-0.25, -0.2) is 9.37 Å². The van der Waals surface area contributed by atoms with Crippen molar-refractivity contribution in [2.45, 2.75) is 0 Å². The maximum atomic E-state index is 13.4. The summed E-state index contributed by atoms with van der Waals surface area (Å²) in [6.45, 7) is 0. The number of halogens is 1. The lowest BCUT2D eigenvalue weighted by Crippen LogP contribution is -1.98. The highest BCUT2D eigenvalue weighted by molar-refractivity contribution is 5.69. The van der Waals surface area contributed by atoms with Crippen LogP contribution in [0.25, 0.3) is 28.6 Å². The lowest BCUT2D eigenvalue weighted by molar-refractivity contribution is 0.412. The van der Waals surface area contributed by atoms with E-state index in [0.717, 1.165) is 0 Å². The molecule has 0 fully saturated rings. The topological polar surface area (TPSA) is 65.5 Å². The summed E-state index contributed by atoms with van der Waals surface area (Å²) >= 11 is 0. The molecule has 0 saturated carbocycles. The van der Waals surface area contributed by atoms with Gasteiger partial charge in [-0.3, -0.25) is 0 Å². The molecular formula is C16H11FN4O2. The number of hydrogen-bond acceptors (Lipinski definition) is 5. The molecule has 0 saturated heterocycles. The summed E-state index contributed by atoms with van der Waals surface area (Å²) < 4.78 is 25.6. The molecule has 0 aliphatic rings. The molecule has 3 heterocycles. The van der Waals surface area contributed by atoms with E-state index in [4.69, 9.17) is 9.15 Å². The number of nitrogens with zero attached hydrogens (tertiary/aromatic N) is 4. The van der Waals surface area contributed by atoms with Gasteiger partial charge in [0.2, 0.25) is 5.82 Å². The van der Waals surface area contributed by atoms with E-state index < -0.39 is 0 Å². The van der Waals surface area contributed by atoms with Crippen LogP contribution >= 0.6 is 0 Å². The first-order chi connectivity index (χ1) is 11.3. The van der Waals surface area contributed by atoms with Crippen molar-refractivity contribution in [3.8, 4) is 28.6 Å². The van der Waals surface area contributed by atoms with Crippen LogP contribution in [0.4, 0.5) is 4.39 Å². The average molecular weight is 310 g/mol. The van der Waals surface area contributed by atoms with Gasteiger partial charge in [0.15, 0.2) is 5.76 Å². The molecule has 0 radical (unpaired) electrons. The van der Waals surface area contributed by atoms with Crippen LogP contribution in [0.2, 0.25) is 0 Å². The van der Waals surface area contributed by atoms with Crippen LogP contribution in [-0.4, -0.2) is 26.7 Å². The zero-order valence-electron chi connectivity index (χ0n) is 12.1. The Kier molecular flexibility index (Phi) is 3.04. The molecule has 0 N–H and O–H groups in total. The van der Waals surface area contributed by atoms with Gasteiger partial charge in [0, 0.05) is 17.8 Å². The average Bonchev–Trinajstić information content (AvgIpc) is 3.23. The molecule has 114 valence electrons. The fraction of sp³-hybridized carbons (Fsp3) is 0.0625. The first kappa shape index (κ1) is 13.4. The number of ether oxygens (including phenoxy) is 1. The monoisotopic (exact) mass is 310 g/mol. The predicted octanol–water partition coefficient (Wildman–Crippen LogP) is 3.20. The molecule has 0 bridgehead atoms. The highest BCUT2D eigenvalue weighted by atomic mass is 19.1. The number of benzene rings is 1. The number of rotatable bonds is 3. The fourth-order valence-corrected chi connectivity index (χ4v) is 2.38. The highest BCUT2D eigenvalue weighted by Crippen LogP contribution is 2.30. The van der Waals surface area contributed by atoms with Crippen LogP contribution < -0.4 is 4.74 Å². The third kappa shape index (κ3) is 2.22. The van der Waals surface area contributed by atoms with E-state index in [9.17, 15) is 4.39 Å². The smallest absolute Gasteiger partial charge is 0.253 e. The molecule has 4 rings (SSSR count). The van der Waals surface area contributed by atoms with Gasteiger partial charge in [-0.15, -0.1) is 5.10 Å². The third-order valence-corrected chi connectivity index (χ3v) is 3.42. The van der Waals surface area contributed by atoms with Gasteiger partial charge in [-0.05, 0) is 30.3 Å². The van der Waals surface area contributed by atoms with Crippen LogP contribution in [0.1, 0.15) is 0 Å². The Labute approximate surface area is 130 Å². The van der Waals surface area contributed by atoms with Crippen molar-refractivity contribution in [2.75, 3.05) is 7.11 Å². The van der Waals surface area contributed by atoms with Crippen molar-refractivity contribution >= 4 is 5.78 Å². The van der Waals surface area contributed by atoms with Gasteiger partial charge in [0.05, 0.1) is 19.1 Å². The summed E-state index contributed by atoms with van der Waals surface area (Å²) in [6.07, 6.45) is 3.17. The van der Waals surface area contributed by atoms with Crippen LogP contribution in [-0.2, 0) is 0 Å². The molecule has 23 heavy (non-hydrogen) atoms. The van der Waals surface area contributed by atoms with Crippen molar-refractivity contribution < 1.29 is 13.5 Å². The number of methoxy groups -OCH3 is 1. The number of fused-ring (bicyclic) bond motifs is 1. The minimum Gasteiger partial charge on any atom is -0.496 e. The van der Waals surface area contributed by atoms with Gasteiger partial charge in [0.1, 0.15) is 11.6 Å². The fourth-order valence-electron chi connectivity index (χ4n) is 2.38. The second kappa shape index (κ2) is 5.20. The zero-order valence-corrected chi connectivity index (χ0v) is 12.1. The Bertz CT molecular complexity index is 979. The van der Waals surface area contributed by atoms with Crippen molar-refractivity contribution in [3.05, 3.63) is 54.7 Å². The molecule has 0 aliphatic carbocycles. The summed E-state index contributed by atoms with van der Waals surface area (Å²) in [5.41, 5.74) is 1.38. The minimum atomic E-state index is -0.370. The molecule has 0 amide bonds. The zero-order chi connectivity index (χ0) is 15.8. The first-order valence-electron chi connectivity index (χ1n) is 6.86. The first-order valence-corrected chi connectivity index (χ1v) is 6.86. The van der Waals surface area contributed by atoms with E-state index in [2.05, 4.69) is 15.1 Å². The Hall–Kier alpha value is -3.22. The predicted molar refractivity (Wildman–Crippen MR) is 80.4 cm³/mol. The molecule has 1 aromatic carbocycles. The van der Waals surface area contributed by atoms with Gasteiger partial charge >= 0.3 is 0 Å². The third-order valence-electron chi connectivity index (χ3n) is 3.42. The van der Waals surface area contributed by atoms with Crippen molar-refractivity contribution in [1.82, 2.24) is 19.6 Å². The maximum absolute atomic E-state index is 13.4. The second-order valence-electron chi connectivity index (χ2n) is 4.80. The van der Waals surface area contributed by atoms with E-state index in [0.29, 0.717) is 34.4 Å². The quantitative estimate of drug-likeness (QED) is 0.581. The maximum Gasteiger partial charge on any atom is 0.253 e. The summed E-state index contributed by atoms with van der Waals surface area (Å²) in [7, 11) is 1.49. The number of hydrogen-bond donors (Lipinski definition) is 0. The van der Waals surface area contributed by atoms with E-state index in [1.165, 1.54) is 19.2 Å². The van der Waals surface area contributed by atoms with Crippen LogP contribution in [0, 0.1) is 5.82 Å². The molecule has 7 heteroatoms. The standard InChI is InChI=1S/C16H11FN4O2/c1-22-14-9-10(17)4-5-11(14)12-6-7-18-16-19-15(20-21(12)16)13-3-2-8-23-13/h2-9H,1H3. The molecule has 0 spiro atoms. The van der Waals surface area contributed by atoms with E-state index in [1.807, 2.05) is 0 Å². The Morgan fingerprint density at radius 3 is 2.91 bits per heavy atom. The largest absolute Gasteiger partial charge is 0.496 e. The van der Waals surface area contributed by atoms with Crippen molar-refractivity contribution in [2.24, 2.45) is 0 Å². The molecular weight excluding hydrogens is 299 g/mol. The van der Waals surface area contributed by atoms with E-state index in [1.54, 1.807) is 41.2 Å². The van der Waals surface area contributed by atoms with Crippen molar-refractivity contribution in [1.29, 1.82) is 0 Å². The normalized spacial score (nSPS) is 11.0. The summed E-state index contributed by atoms with van der Waals surface area (Å²) in [5.74, 6) is 1.43. The molecule has 0 aliphatic heterocycles. The second-order valence-corrected chi connectivity index (χ2v) is 4.80. The van der Waals surface area contributed by atoms with Gasteiger partial charge < -0.3 is 9.15 Å². The van der Waals surface area contributed by atoms with E-state index >= 15 is 0 Å². The molecule has 3 aromatic heterocycles. The summed E-state index contributed by atoms with van der Waals surface area (Å²) in [5, 5.41) is 4.43. The molecule has 6 nitrogen and oxygen atoms in total. The SMILES string of the molecule is COc1cc(F)ccc1-c1ccnc2nc(-c3ccco3)nn12. The lowest BCUT2D eigenvalue weighted by Gasteiger charge is -2.09. The Balaban J connectivity index is 1.94. The van der Waals surface area contributed by atoms with Crippen LogP contribution in [0.3, 0.4) is 0 Å². The Morgan fingerprint density at radius 1 is 1.22 bits per heavy atom. The molecule has 0 unspecified atom stereocenters. The van der Waals surface area contributed by atoms with Gasteiger partial charge in [0.25, 0.3) is 5.78 Å². The van der Waals surface area contributed by atoms with E-state index in [-0.39, 0.29) is 5.82 Å². The van der Waals surface area contributed by atoms with Crippen LogP contribution in [0.15, 0.2) is 53.3 Å². The minimum absolute atomic E-state index is 0.370. The number of aromatic nitrogens is 4. The molecule has 0 atom stereocenters. The van der Waals surface area contributed by atoms with Gasteiger partial charge in [-0.2, -0.15) is 9.50 Å². The van der Waals surface area contributed by atoms with Crippen LogP contribution in [0.5, 0.6) is 5.75 Å². The summed E-state index contributed by atoms with van der Waals surface area (Å²) in [6, 6.07) is 9.63. The lowest BCUT2D eigenvalue weighted by atomic mass is 10.1. The van der Waals surface area contributed by atoms with Crippen molar-refractivity contribution in [3.63, 3.8) is 0 Å².